The van der Waals surface area contributed by atoms with Crippen molar-refractivity contribution < 1.29 is 13.2 Å². The fourth-order valence-electron chi connectivity index (χ4n) is 1.57. The molecule has 1 aliphatic rings. The minimum absolute atomic E-state index is 0.240. The molecule has 4 nitrogen and oxygen atoms in total. The summed E-state index contributed by atoms with van der Waals surface area (Å²) in [5.74, 6) is 0.289. The topological polar surface area (TPSA) is 46.6 Å². The van der Waals surface area contributed by atoms with E-state index in [1.54, 1.807) is 6.07 Å². The second-order valence-electron chi connectivity index (χ2n) is 3.57. The van der Waals surface area contributed by atoms with Gasteiger partial charge in [-0.3, -0.25) is 0 Å². The molecule has 17 heavy (non-hydrogen) atoms. The summed E-state index contributed by atoms with van der Waals surface area (Å²) >= 11 is 12.5. The lowest BCUT2D eigenvalue weighted by Crippen LogP contribution is -2.45. The molecule has 1 fully saturated rings. The minimum atomic E-state index is -3.46. The Balaban J connectivity index is 2.21. The van der Waals surface area contributed by atoms with Crippen molar-refractivity contribution >= 4 is 44.6 Å². The molecular weight excluding hydrogens is 305 g/mol. The fourth-order valence-corrected chi connectivity index (χ4v) is 4.85. The summed E-state index contributed by atoms with van der Waals surface area (Å²) in [5.41, 5.74) is 0. The molecule has 96 valence electrons. The fraction of sp³-hybridized carbons (Fsp3) is 0.556. The van der Waals surface area contributed by atoms with Crippen LogP contribution >= 0.6 is 34.5 Å². The van der Waals surface area contributed by atoms with Crippen LogP contribution in [0.1, 0.15) is 0 Å². The highest BCUT2D eigenvalue weighted by Crippen LogP contribution is 2.28. The zero-order valence-electron chi connectivity index (χ0n) is 8.80. The first-order chi connectivity index (χ1) is 8.04. The molecule has 2 heterocycles. The van der Waals surface area contributed by atoms with Crippen molar-refractivity contribution in [3.63, 3.8) is 0 Å². The predicted octanol–water partition coefficient (Wildman–Crippen LogP) is 2.03. The first kappa shape index (κ1) is 13.6. The summed E-state index contributed by atoms with van der Waals surface area (Å²) < 4.78 is 31.9. The number of rotatable bonds is 3. The van der Waals surface area contributed by atoms with E-state index in [1.165, 1.54) is 10.4 Å². The number of hydrogen-bond donors (Lipinski definition) is 0. The largest absolute Gasteiger partial charge is 0.374 e. The smallest absolute Gasteiger partial charge is 0.252 e. The van der Waals surface area contributed by atoms with Crippen molar-refractivity contribution in [3.05, 3.63) is 16.5 Å². The van der Waals surface area contributed by atoms with E-state index in [9.17, 15) is 8.42 Å². The van der Waals surface area contributed by atoms with Crippen LogP contribution in [0.2, 0.25) is 4.34 Å². The molecule has 1 unspecified atom stereocenters. The number of alkyl halides is 1. The number of nitrogens with zero attached hydrogens (tertiary/aromatic N) is 1. The third-order valence-electron chi connectivity index (χ3n) is 2.42. The zero-order valence-corrected chi connectivity index (χ0v) is 11.9. The van der Waals surface area contributed by atoms with Gasteiger partial charge in [0.25, 0.3) is 10.0 Å². The zero-order chi connectivity index (χ0) is 12.5. The van der Waals surface area contributed by atoms with Crippen LogP contribution in [0, 0.1) is 0 Å². The molecule has 1 aromatic heterocycles. The maximum atomic E-state index is 12.2. The van der Waals surface area contributed by atoms with E-state index in [1.807, 2.05) is 0 Å². The second-order valence-corrected chi connectivity index (χ2v) is 7.76. The molecule has 0 saturated carbocycles. The van der Waals surface area contributed by atoms with Gasteiger partial charge in [-0.1, -0.05) is 11.6 Å². The predicted molar refractivity (Wildman–Crippen MR) is 68.5 cm³/mol. The van der Waals surface area contributed by atoms with Gasteiger partial charge in [-0.05, 0) is 12.1 Å². The Morgan fingerprint density at radius 3 is 2.88 bits per heavy atom. The summed E-state index contributed by atoms with van der Waals surface area (Å²) in [6.07, 6.45) is -0.240. The third kappa shape index (κ3) is 2.94. The van der Waals surface area contributed by atoms with Crippen molar-refractivity contribution in [1.29, 1.82) is 0 Å². The van der Waals surface area contributed by atoms with E-state index in [-0.39, 0.29) is 16.2 Å². The molecule has 0 aliphatic carbocycles. The average molecular weight is 316 g/mol. The van der Waals surface area contributed by atoms with E-state index >= 15 is 0 Å². The molecule has 0 radical (unpaired) electrons. The summed E-state index contributed by atoms with van der Waals surface area (Å²) in [6, 6.07) is 3.10. The molecule has 0 N–H and O–H groups in total. The molecule has 0 amide bonds. The van der Waals surface area contributed by atoms with Crippen molar-refractivity contribution in [2.45, 2.75) is 10.3 Å². The number of ether oxygens (including phenoxy) is 1. The lowest BCUT2D eigenvalue weighted by atomic mass is 10.3. The van der Waals surface area contributed by atoms with Gasteiger partial charge in [0.05, 0.1) is 17.0 Å². The molecular formula is C9H11Cl2NO3S2. The number of halogens is 2. The molecule has 1 atom stereocenters. The highest BCUT2D eigenvalue weighted by atomic mass is 35.5. The van der Waals surface area contributed by atoms with Crippen LogP contribution in [-0.2, 0) is 14.8 Å². The SMILES string of the molecule is O=S(=O)(c1ccc(Cl)s1)N1CCOC(CCl)C1. The second kappa shape index (κ2) is 5.42. The molecule has 1 saturated heterocycles. The third-order valence-corrected chi connectivity index (χ3v) is 6.32. The Bertz CT molecular complexity index is 488. The van der Waals surface area contributed by atoms with Gasteiger partial charge in [0.1, 0.15) is 4.21 Å². The van der Waals surface area contributed by atoms with Crippen LogP contribution in [0.25, 0.3) is 0 Å². The van der Waals surface area contributed by atoms with Gasteiger partial charge in [-0.25, -0.2) is 8.42 Å². The number of sulfonamides is 1. The van der Waals surface area contributed by atoms with E-state index in [0.29, 0.717) is 24.0 Å². The van der Waals surface area contributed by atoms with Gasteiger partial charge in [-0.2, -0.15) is 4.31 Å². The van der Waals surface area contributed by atoms with Gasteiger partial charge in [0.15, 0.2) is 0 Å². The Hall–Kier alpha value is 0.150. The van der Waals surface area contributed by atoms with Crippen molar-refractivity contribution in [3.8, 4) is 0 Å². The standard InChI is InChI=1S/C9H11Cl2NO3S2/c10-5-7-6-12(3-4-15-7)17(13,14)9-2-1-8(11)16-9/h1-2,7H,3-6H2. The van der Waals surface area contributed by atoms with Crippen LogP contribution in [-0.4, -0.2) is 44.4 Å². The van der Waals surface area contributed by atoms with E-state index in [2.05, 4.69) is 0 Å². The van der Waals surface area contributed by atoms with E-state index < -0.39 is 10.0 Å². The Kier molecular flexibility index (Phi) is 4.33. The van der Waals surface area contributed by atoms with Crippen molar-refractivity contribution in [1.82, 2.24) is 4.31 Å². The molecule has 8 heteroatoms. The monoisotopic (exact) mass is 315 g/mol. The highest BCUT2D eigenvalue weighted by Gasteiger charge is 2.31. The van der Waals surface area contributed by atoms with Crippen LogP contribution in [0.4, 0.5) is 0 Å². The Labute approximate surface area is 114 Å². The number of hydrogen-bond acceptors (Lipinski definition) is 4. The summed E-state index contributed by atoms with van der Waals surface area (Å²) in [5, 5.41) is 0. The summed E-state index contributed by atoms with van der Waals surface area (Å²) in [7, 11) is -3.46. The van der Waals surface area contributed by atoms with Gasteiger partial charge in [0, 0.05) is 19.0 Å². The molecule has 0 aromatic carbocycles. The van der Waals surface area contributed by atoms with Crippen molar-refractivity contribution in [2.75, 3.05) is 25.6 Å². The molecule has 0 bridgehead atoms. The highest BCUT2D eigenvalue weighted by molar-refractivity contribution is 7.91. The maximum absolute atomic E-state index is 12.2. The van der Waals surface area contributed by atoms with Gasteiger partial charge >= 0.3 is 0 Å². The van der Waals surface area contributed by atoms with E-state index in [4.69, 9.17) is 27.9 Å². The van der Waals surface area contributed by atoms with Gasteiger partial charge < -0.3 is 4.74 Å². The first-order valence-corrected chi connectivity index (χ1v) is 8.14. The summed E-state index contributed by atoms with van der Waals surface area (Å²) in [4.78, 5) is 0. The minimum Gasteiger partial charge on any atom is -0.374 e. The maximum Gasteiger partial charge on any atom is 0.252 e. The Morgan fingerprint density at radius 1 is 1.53 bits per heavy atom. The average Bonchev–Trinajstić information content (AvgIpc) is 2.76. The quantitative estimate of drug-likeness (QED) is 0.802. The molecule has 1 aromatic rings. The van der Waals surface area contributed by atoms with Crippen LogP contribution in [0.3, 0.4) is 0 Å². The first-order valence-electron chi connectivity index (χ1n) is 4.97. The van der Waals surface area contributed by atoms with Crippen LogP contribution in [0.5, 0.6) is 0 Å². The molecule has 2 rings (SSSR count). The normalized spacial score (nSPS) is 22.8. The van der Waals surface area contributed by atoms with Crippen molar-refractivity contribution in [2.24, 2.45) is 0 Å². The van der Waals surface area contributed by atoms with Gasteiger partial charge in [0.2, 0.25) is 0 Å². The van der Waals surface area contributed by atoms with E-state index in [0.717, 1.165) is 11.3 Å². The molecule has 0 spiro atoms. The lowest BCUT2D eigenvalue weighted by molar-refractivity contribution is 0.0123. The molecule has 1 aliphatic heterocycles. The lowest BCUT2D eigenvalue weighted by Gasteiger charge is -2.30. The number of morpholine rings is 1. The van der Waals surface area contributed by atoms with Crippen LogP contribution < -0.4 is 0 Å². The Morgan fingerprint density at radius 2 is 2.29 bits per heavy atom. The summed E-state index contributed by atoms with van der Waals surface area (Å²) in [6.45, 7) is 1.02. The van der Waals surface area contributed by atoms with Crippen LogP contribution in [0.15, 0.2) is 16.3 Å². The number of thiophene rings is 1. The van der Waals surface area contributed by atoms with Gasteiger partial charge in [-0.15, -0.1) is 22.9 Å².